The van der Waals surface area contributed by atoms with Gasteiger partial charge in [0.25, 0.3) is 0 Å². The van der Waals surface area contributed by atoms with Gasteiger partial charge in [0.15, 0.2) is 0 Å². The molecule has 0 saturated heterocycles. The smallest absolute Gasteiger partial charge is 0.135 e. The van der Waals surface area contributed by atoms with Crippen molar-refractivity contribution in [3.05, 3.63) is 55.2 Å². The fraction of sp³-hybridized carbons (Fsp3) is 0.586. The van der Waals surface area contributed by atoms with Crippen LogP contribution in [-0.2, 0) is 6.42 Å². The molecule has 3 heteroatoms. The Morgan fingerprint density at radius 3 is 2.16 bits per heavy atom. The van der Waals surface area contributed by atoms with E-state index in [1.165, 1.54) is 43.4 Å². The maximum Gasteiger partial charge on any atom is 0.135 e. The van der Waals surface area contributed by atoms with E-state index in [4.69, 9.17) is 9.47 Å². The lowest BCUT2D eigenvalue weighted by Crippen LogP contribution is -2.37. The van der Waals surface area contributed by atoms with E-state index in [9.17, 15) is 0 Å². The zero-order valence-corrected chi connectivity index (χ0v) is 23.7. The molecule has 2 rings (SSSR count). The van der Waals surface area contributed by atoms with E-state index in [0.29, 0.717) is 0 Å². The van der Waals surface area contributed by atoms with Crippen LogP contribution < -0.4 is 9.47 Å². The average molecular weight is 551 g/mol. The number of hydrogen-bond donors (Lipinski definition) is 0. The Morgan fingerprint density at radius 2 is 1.56 bits per heavy atom. The van der Waals surface area contributed by atoms with Crippen LogP contribution in [0.3, 0.4) is 0 Å². The van der Waals surface area contributed by atoms with Gasteiger partial charge in [0.05, 0.1) is 10.7 Å². The Bertz CT molecular complexity index is 887. The van der Waals surface area contributed by atoms with Crippen molar-refractivity contribution < 1.29 is 9.47 Å². The van der Waals surface area contributed by atoms with Crippen LogP contribution in [0.2, 0.25) is 0 Å². The van der Waals surface area contributed by atoms with Gasteiger partial charge in [-0.15, -0.1) is 0 Å². The molecular weight excluding hydrogens is 507 g/mol. The predicted molar refractivity (Wildman–Crippen MR) is 147 cm³/mol. The van der Waals surface area contributed by atoms with Gasteiger partial charge >= 0.3 is 0 Å². The highest BCUT2D eigenvalue weighted by molar-refractivity contribution is 14.1. The van der Waals surface area contributed by atoms with Gasteiger partial charge < -0.3 is 9.47 Å². The molecule has 1 aliphatic rings. The first-order chi connectivity index (χ1) is 15.1. The predicted octanol–water partition coefficient (Wildman–Crippen LogP) is 9.20. The summed E-state index contributed by atoms with van der Waals surface area (Å²) in [5.41, 5.74) is 8.05. The molecule has 1 aliphatic heterocycles. The summed E-state index contributed by atoms with van der Waals surface area (Å²) in [6.45, 7) is 15.5. The van der Waals surface area contributed by atoms with Crippen molar-refractivity contribution in [1.29, 1.82) is 0 Å². The maximum absolute atomic E-state index is 6.66. The summed E-state index contributed by atoms with van der Waals surface area (Å²) in [6, 6.07) is 0. The molecule has 1 heterocycles. The Hall–Kier alpha value is -1.23. The van der Waals surface area contributed by atoms with Crippen LogP contribution in [0.25, 0.3) is 0 Å². The van der Waals surface area contributed by atoms with Gasteiger partial charge in [0.2, 0.25) is 0 Å². The largest absolute Gasteiger partial charge is 0.495 e. The van der Waals surface area contributed by atoms with Gasteiger partial charge in [-0.25, -0.2) is 0 Å². The van der Waals surface area contributed by atoms with Gasteiger partial charge in [-0.2, -0.15) is 0 Å². The lowest BCUT2D eigenvalue weighted by Gasteiger charge is -2.38. The van der Waals surface area contributed by atoms with Gasteiger partial charge in [0, 0.05) is 5.56 Å². The highest BCUT2D eigenvalue weighted by Gasteiger charge is 2.34. The third kappa shape index (κ3) is 7.40. The molecule has 32 heavy (non-hydrogen) atoms. The number of hydrogen-bond acceptors (Lipinski definition) is 2. The topological polar surface area (TPSA) is 18.5 Å². The first-order valence-electron chi connectivity index (χ1n) is 12.1. The average Bonchev–Trinajstić information content (AvgIpc) is 2.72. The molecule has 0 unspecified atom stereocenters. The summed E-state index contributed by atoms with van der Waals surface area (Å²) in [5, 5.41) is 0. The molecule has 1 aromatic rings. The van der Waals surface area contributed by atoms with Crippen LogP contribution in [-0.4, -0.2) is 12.7 Å². The van der Waals surface area contributed by atoms with Crippen LogP contribution in [0.15, 0.2) is 34.9 Å². The fourth-order valence-electron chi connectivity index (χ4n) is 4.40. The van der Waals surface area contributed by atoms with Crippen LogP contribution in [0.5, 0.6) is 11.5 Å². The number of allylic oxidation sites excluding steroid dienone is 6. The molecular formula is C29H43IO2. The number of benzene rings is 1. The SMILES string of the molecule is COc1c(C)c(C)c2c(c1I)CC[C@@](C)(CC/C=C(\C)CC/C=C(\C)CCC=C(C)C)O2. The molecule has 1 atom stereocenters. The Morgan fingerprint density at radius 1 is 0.969 bits per heavy atom. The second-order valence-electron chi connectivity index (χ2n) is 9.96. The highest BCUT2D eigenvalue weighted by atomic mass is 127. The Balaban J connectivity index is 1.91. The van der Waals surface area contributed by atoms with E-state index in [2.05, 4.69) is 89.3 Å². The van der Waals surface area contributed by atoms with Crippen LogP contribution >= 0.6 is 22.6 Å². The molecule has 0 fully saturated rings. The second kappa shape index (κ2) is 12.3. The van der Waals surface area contributed by atoms with E-state index < -0.39 is 0 Å². The van der Waals surface area contributed by atoms with Crippen molar-refractivity contribution in [2.45, 2.75) is 105 Å². The maximum atomic E-state index is 6.66. The summed E-state index contributed by atoms with van der Waals surface area (Å²) in [6.07, 6.45) is 16.0. The molecule has 0 aliphatic carbocycles. The van der Waals surface area contributed by atoms with Crippen LogP contribution in [0, 0.1) is 17.4 Å². The molecule has 0 bridgehead atoms. The van der Waals surface area contributed by atoms with E-state index in [0.717, 1.165) is 56.4 Å². The summed E-state index contributed by atoms with van der Waals surface area (Å²) >= 11 is 2.42. The molecule has 178 valence electrons. The Kier molecular flexibility index (Phi) is 10.4. The number of methoxy groups -OCH3 is 1. The van der Waals surface area contributed by atoms with Crippen molar-refractivity contribution in [2.75, 3.05) is 7.11 Å². The van der Waals surface area contributed by atoms with E-state index in [-0.39, 0.29) is 5.60 Å². The molecule has 1 aromatic carbocycles. The second-order valence-corrected chi connectivity index (χ2v) is 11.0. The summed E-state index contributed by atoms with van der Waals surface area (Å²) in [4.78, 5) is 0. The molecule has 0 radical (unpaired) electrons. The minimum atomic E-state index is -0.0972. The Labute approximate surface area is 210 Å². The van der Waals surface area contributed by atoms with Crippen LogP contribution in [0.4, 0.5) is 0 Å². The number of ether oxygens (including phenoxy) is 2. The van der Waals surface area contributed by atoms with Gasteiger partial charge in [0.1, 0.15) is 17.1 Å². The normalized spacial score (nSPS) is 18.8. The quantitative estimate of drug-likeness (QED) is 0.214. The van der Waals surface area contributed by atoms with Crippen molar-refractivity contribution in [3.8, 4) is 11.5 Å². The standard InChI is InChI=1S/C29H43IO2/c1-20(2)12-9-13-21(3)14-10-15-22(4)16-11-18-29(7)19-17-25-26(30)28(31-8)24(6)23(5)27(25)32-29/h12,14,16H,9-11,13,15,17-19H2,1-8H3/b21-14+,22-16+/t29-/m1/s1. The van der Waals surface area contributed by atoms with E-state index >= 15 is 0 Å². The third-order valence-electron chi connectivity index (χ3n) is 6.73. The van der Waals surface area contributed by atoms with Crippen molar-refractivity contribution in [1.82, 2.24) is 0 Å². The first kappa shape index (κ1) is 27.0. The monoisotopic (exact) mass is 550 g/mol. The number of rotatable bonds is 10. The molecule has 0 aromatic heterocycles. The highest BCUT2D eigenvalue weighted by Crippen LogP contribution is 2.45. The van der Waals surface area contributed by atoms with Crippen molar-refractivity contribution in [2.24, 2.45) is 0 Å². The molecule has 0 amide bonds. The van der Waals surface area contributed by atoms with Gasteiger partial charge in [-0.05, 0) is 134 Å². The first-order valence-corrected chi connectivity index (χ1v) is 13.1. The molecule has 2 nitrogen and oxygen atoms in total. The number of halogens is 1. The summed E-state index contributed by atoms with van der Waals surface area (Å²) in [7, 11) is 1.76. The van der Waals surface area contributed by atoms with Gasteiger partial charge in [-0.3, -0.25) is 0 Å². The van der Waals surface area contributed by atoms with Crippen molar-refractivity contribution >= 4 is 22.6 Å². The van der Waals surface area contributed by atoms with Gasteiger partial charge in [-0.1, -0.05) is 34.9 Å². The fourth-order valence-corrected chi connectivity index (χ4v) is 5.54. The molecule has 0 spiro atoms. The summed E-state index contributed by atoms with van der Waals surface area (Å²) in [5.74, 6) is 2.10. The summed E-state index contributed by atoms with van der Waals surface area (Å²) < 4.78 is 13.5. The molecule has 0 saturated carbocycles. The van der Waals surface area contributed by atoms with E-state index in [1.54, 1.807) is 7.11 Å². The number of fused-ring (bicyclic) bond motifs is 1. The third-order valence-corrected chi connectivity index (χ3v) is 7.87. The van der Waals surface area contributed by atoms with Crippen molar-refractivity contribution in [3.63, 3.8) is 0 Å². The molecule has 0 N–H and O–H groups in total. The van der Waals surface area contributed by atoms with E-state index in [1.807, 2.05) is 0 Å². The van der Waals surface area contributed by atoms with Crippen LogP contribution in [0.1, 0.15) is 96.3 Å². The zero-order chi connectivity index (χ0) is 23.9. The minimum absolute atomic E-state index is 0.0972. The lowest BCUT2D eigenvalue weighted by atomic mass is 9.86. The lowest BCUT2D eigenvalue weighted by molar-refractivity contribution is 0.0557. The minimum Gasteiger partial charge on any atom is -0.495 e. The zero-order valence-electron chi connectivity index (χ0n) is 21.6.